The number of nitrogens with zero attached hydrogens (tertiary/aromatic N) is 2. The number of aliphatic imine (C=N–C) groups is 1. The molecule has 0 spiro atoms. The molecular weight excluding hydrogens is 468 g/mol. The molecule has 4 aliphatic carbocycles. The third kappa shape index (κ3) is 4.00. The highest BCUT2D eigenvalue weighted by Crippen LogP contribution is 2.60. The Morgan fingerprint density at radius 3 is 2.22 bits per heavy atom. The zero-order valence-electron chi connectivity index (χ0n) is 21.3. The highest BCUT2D eigenvalue weighted by molar-refractivity contribution is 6.33. The van der Waals surface area contributed by atoms with Crippen molar-refractivity contribution in [3.05, 3.63) is 81.6 Å². The first-order valence-corrected chi connectivity index (χ1v) is 13.4. The Hall–Kier alpha value is -2.85. The second-order valence-electron chi connectivity index (χ2n) is 11.3. The van der Waals surface area contributed by atoms with Crippen LogP contribution in [0.15, 0.2) is 53.5 Å². The Morgan fingerprint density at radius 1 is 1.00 bits per heavy atom. The van der Waals surface area contributed by atoms with Gasteiger partial charge in [-0.3, -0.25) is 4.99 Å². The first-order valence-electron chi connectivity index (χ1n) is 13.1. The number of aromatic nitrogens is 1. The van der Waals surface area contributed by atoms with Gasteiger partial charge in [-0.25, -0.2) is 4.79 Å². The van der Waals surface area contributed by atoms with Crippen LogP contribution in [0.1, 0.15) is 71.4 Å². The minimum Gasteiger partial charge on any atom is -0.465 e. The number of ether oxygens (including phenoxy) is 1. The van der Waals surface area contributed by atoms with Gasteiger partial charge < -0.3 is 9.30 Å². The van der Waals surface area contributed by atoms with Gasteiger partial charge >= 0.3 is 5.97 Å². The Morgan fingerprint density at radius 2 is 1.64 bits per heavy atom. The zero-order valence-corrected chi connectivity index (χ0v) is 22.0. The summed E-state index contributed by atoms with van der Waals surface area (Å²) in [6, 6.07) is 16.6. The quantitative estimate of drug-likeness (QED) is 0.265. The van der Waals surface area contributed by atoms with Gasteiger partial charge in [-0.05, 0) is 118 Å². The average Bonchev–Trinajstić information content (AvgIpc) is 3.14. The lowest BCUT2D eigenvalue weighted by Crippen LogP contribution is -2.48. The summed E-state index contributed by atoms with van der Waals surface area (Å²) in [6.07, 6.45) is 10.5. The summed E-state index contributed by atoms with van der Waals surface area (Å²) in [5, 5.41) is 0.376. The van der Waals surface area contributed by atoms with Crippen LogP contribution in [-0.2, 0) is 10.2 Å². The van der Waals surface area contributed by atoms with Crippen molar-refractivity contribution in [3.8, 4) is 5.69 Å². The third-order valence-corrected chi connectivity index (χ3v) is 9.27. The highest BCUT2D eigenvalue weighted by atomic mass is 35.5. The Labute approximate surface area is 218 Å². The summed E-state index contributed by atoms with van der Waals surface area (Å²) in [4.78, 5) is 16.7. The van der Waals surface area contributed by atoms with Crippen molar-refractivity contribution < 1.29 is 9.53 Å². The molecule has 1 aromatic heterocycles. The highest BCUT2D eigenvalue weighted by Gasteiger charge is 2.51. The minimum absolute atomic E-state index is 0.365. The maximum absolute atomic E-state index is 11.9. The molecule has 3 aromatic rings. The van der Waals surface area contributed by atoms with E-state index in [1.807, 2.05) is 12.3 Å². The van der Waals surface area contributed by atoms with Crippen molar-refractivity contribution in [2.75, 3.05) is 7.11 Å². The van der Waals surface area contributed by atoms with E-state index in [1.165, 1.54) is 51.2 Å². The summed E-state index contributed by atoms with van der Waals surface area (Å²) in [7, 11) is 1.36. The summed E-state index contributed by atoms with van der Waals surface area (Å²) in [5.74, 6) is 2.43. The van der Waals surface area contributed by atoms with Crippen molar-refractivity contribution in [2.24, 2.45) is 22.7 Å². The molecule has 4 nitrogen and oxygen atoms in total. The standard InChI is InChI=1S/C31H33ClN2O2/c1-19-10-24(20(2)34(19)27-8-9-28(29(32)14-27)30(35)36-3)18-33-26-6-4-25(5-7-26)31-15-21-11-22(16-31)13-23(12-21)17-31/h4-10,14,18,21-23H,11-13,15-17H2,1-3H3. The predicted molar refractivity (Wildman–Crippen MR) is 145 cm³/mol. The molecule has 0 radical (unpaired) electrons. The van der Waals surface area contributed by atoms with E-state index in [4.69, 9.17) is 21.3 Å². The lowest BCUT2D eigenvalue weighted by Gasteiger charge is -2.57. The number of rotatable bonds is 5. The van der Waals surface area contributed by atoms with E-state index in [2.05, 4.69) is 48.7 Å². The molecule has 186 valence electrons. The maximum Gasteiger partial charge on any atom is 0.339 e. The molecule has 1 heterocycles. The number of esters is 1. The Kier molecular flexibility index (Phi) is 5.83. The minimum atomic E-state index is -0.436. The number of hydrogen-bond donors (Lipinski definition) is 0. The second kappa shape index (κ2) is 8.92. The van der Waals surface area contributed by atoms with Gasteiger partial charge in [0.05, 0.1) is 23.4 Å². The van der Waals surface area contributed by atoms with E-state index in [9.17, 15) is 4.79 Å². The normalized spacial score (nSPS) is 26.6. The topological polar surface area (TPSA) is 43.6 Å². The van der Waals surface area contributed by atoms with Crippen LogP contribution in [0.3, 0.4) is 0 Å². The monoisotopic (exact) mass is 500 g/mol. The van der Waals surface area contributed by atoms with Crippen LogP contribution in [0.4, 0.5) is 5.69 Å². The van der Waals surface area contributed by atoms with E-state index in [-0.39, 0.29) is 0 Å². The number of methoxy groups -OCH3 is 1. The lowest BCUT2D eigenvalue weighted by molar-refractivity contribution is -0.00518. The molecule has 0 N–H and O–H groups in total. The fraction of sp³-hybridized carbons (Fsp3) is 0.419. The molecule has 4 saturated carbocycles. The van der Waals surface area contributed by atoms with Crippen molar-refractivity contribution >= 4 is 29.5 Å². The number of halogens is 1. The molecule has 0 saturated heterocycles. The number of carbonyl (C=O) groups is 1. The van der Waals surface area contributed by atoms with Crippen LogP contribution in [0, 0.1) is 31.6 Å². The molecule has 0 unspecified atom stereocenters. The van der Waals surface area contributed by atoms with E-state index < -0.39 is 5.97 Å². The molecule has 0 amide bonds. The van der Waals surface area contributed by atoms with Gasteiger partial charge in [-0.15, -0.1) is 0 Å². The van der Waals surface area contributed by atoms with Crippen LogP contribution >= 0.6 is 11.6 Å². The molecule has 0 atom stereocenters. The largest absolute Gasteiger partial charge is 0.465 e. The number of hydrogen-bond acceptors (Lipinski definition) is 3. The van der Waals surface area contributed by atoms with Gasteiger partial charge in [-0.2, -0.15) is 0 Å². The summed E-state index contributed by atoms with van der Waals surface area (Å²) < 4.78 is 6.94. The molecule has 7 rings (SSSR count). The zero-order chi connectivity index (χ0) is 25.0. The molecule has 4 bridgehead atoms. The number of aryl methyl sites for hydroxylation is 1. The van der Waals surface area contributed by atoms with Gasteiger partial charge in [0.15, 0.2) is 0 Å². The second-order valence-corrected chi connectivity index (χ2v) is 11.7. The molecule has 36 heavy (non-hydrogen) atoms. The van der Waals surface area contributed by atoms with E-state index in [1.54, 1.807) is 12.1 Å². The van der Waals surface area contributed by atoms with Gasteiger partial charge in [0.25, 0.3) is 0 Å². The first-order chi connectivity index (χ1) is 17.3. The fourth-order valence-electron chi connectivity index (χ4n) is 7.74. The van der Waals surface area contributed by atoms with Crippen LogP contribution in [0.5, 0.6) is 0 Å². The molecule has 0 aliphatic heterocycles. The third-order valence-electron chi connectivity index (χ3n) is 8.96. The smallest absolute Gasteiger partial charge is 0.339 e. The molecule has 5 heteroatoms. The molecule has 2 aromatic carbocycles. The van der Waals surface area contributed by atoms with Crippen molar-refractivity contribution in [1.29, 1.82) is 0 Å². The average molecular weight is 501 g/mol. The van der Waals surface area contributed by atoms with Gasteiger partial charge in [0, 0.05) is 28.9 Å². The van der Waals surface area contributed by atoms with Gasteiger partial charge in [-0.1, -0.05) is 23.7 Å². The predicted octanol–water partition coefficient (Wildman–Crippen LogP) is 7.75. The lowest BCUT2D eigenvalue weighted by atomic mass is 9.48. The number of benzene rings is 2. The molecule has 4 fully saturated rings. The maximum atomic E-state index is 11.9. The molecular formula is C31H33ClN2O2. The van der Waals surface area contributed by atoms with Crippen molar-refractivity contribution in [1.82, 2.24) is 4.57 Å². The van der Waals surface area contributed by atoms with Crippen LogP contribution in [0.2, 0.25) is 5.02 Å². The van der Waals surface area contributed by atoms with Crippen LogP contribution in [0.25, 0.3) is 5.69 Å². The Bertz CT molecular complexity index is 1320. The van der Waals surface area contributed by atoms with Gasteiger partial charge in [0.1, 0.15) is 0 Å². The molecule has 4 aliphatic rings. The van der Waals surface area contributed by atoms with Crippen molar-refractivity contribution in [3.63, 3.8) is 0 Å². The van der Waals surface area contributed by atoms with E-state index in [0.717, 1.165) is 46.1 Å². The summed E-state index contributed by atoms with van der Waals surface area (Å²) >= 11 is 6.38. The van der Waals surface area contributed by atoms with Crippen molar-refractivity contribution in [2.45, 2.75) is 57.8 Å². The SMILES string of the molecule is COC(=O)c1ccc(-n2c(C)cc(C=Nc3ccc(C45CC6CC(CC(C6)C4)C5)cc3)c2C)cc1Cl. The first kappa shape index (κ1) is 23.5. The summed E-state index contributed by atoms with van der Waals surface area (Å²) in [5.41, 5.74) is 7.42. The fourth-order valence-corrected chi connectivity index (χ4v) is 8.00. The van der Waals surface area contributed by atoms with Crippen LogP contribution in [-0.4, -0.2) is 23.9 Å². The van der Waals surface area contributed by atoms with Gasteiger partial charge in [0.2, 0.25) is 0 Å². The van der Waals surface area contributed by atoms with E-state index >= 15 is 0 Å². The summed E-state index contributed by atoms with van der Waals surface area (Å²) in [6.45, 7) is 4.14. The Balaban J connectivity index is 1.22. The van der Waals surface area contributed by atoms with E-state index in [0.29, 0.717) is 16.0 Å². The number of carbonyl (C=O) groups excluding carboxylic acids is 1. The van der Waals surface area contributed by atoms with Crippen LogP contribution < -0.4 is 0 Å².